The molecule has 0 fully saturated rings. The summed E-state index contributed by atoms with van der Waals surface area (Å²) in [6, 6.07) is 15.9. The fraction of sp³-hybridized carbons (Fsp3) is 0.231. The van der Waals surface area contributed by atoms with Crippen molar-refractivity contribution in [1.29, 1.82) is 0 Å². The van der Waals surface area contributed by atoms with Crippen LogP contribution >= 0.6 is 0 Å². The minimum Gasteiger partial charge on any atom is -0.493 e. The van der Waals surface area contributed by atoms with Crippen LogP contribution in [0.3, 0.4) is 0 Å². The molecule has 0 unspecified atom stereocenters. The van der Waals surface area contributed by atoms with E-state index in [1.54, 1.807) is 70.6 Å². The molecule has 1 aromatic heterocycles. The molecule has 5 rings (SSSR count). The number of hydrogen-bond donors (Lipinski definition) is 1. The molecule has 9 heteroatoms. The van der Waals surface area contributed by atoms with Crippen molar-refractivity contribution in [3.05, 3.63) is 77.5 Å². The number of carbonyl (C=O) groups is 3. The Morgan fingerprint density at radius 2 is 1.80 bits per heavy atom. The van der Waals surface area contributed by atoms with Crippen molar-refractivity contribution in [1.82, 2.24) is 9.88 Å². The summed E-state index contributed by atoms with van der Waals surface area (Å²) in [7, 11) is 3.00. The fourth-order valence-electron chi connectivity index (χ4n) is 4.70. The summed E-state index contributed by atoms with van der Waals surface area (Å²) in [6.45, 7) is 0.283. The van der Waals surface area contributed by atoms with Gasteiger partial charge in [0, 0.05) is 24.7 Å². The van der Waals surface area contributed by atoms with E-state index in [4.69, 9.17) is 9.47 Å². The van der Waals surface area contributed by atoms with Crippen LogP contribution in [0.2, 0.25) is 0 Å². The first kappa shape index (κ1) is 22.4. The lowest BCUT2D eigenvalue weighted by atomic mass is 10.0. The molecule has 9 nitrogen and oxygen atoms in total. The number of fused-ring (bicyclic) bond motifs is 5. The standard InChI is InChI=1S/C26H24N4O5/c1-34-19-13-12-17-22(23(19)35-2)26(33)30-18-9-4-3-8-16(18)25(32)29(24(17)30)15-7-11-21(31)28-20-10-5-6-14-27-20/h3-6,8-10,12-14,24H,7,11,15H2,1-2H3,(H,27,28,31)/t24-/m1/s1. The topological polar surface area (TPSA) is 101 Å². The Labute approximate surface area is 202 Å². The summed E-state index contributed by atoms with van der Waals surface area (Å²) in [5.41, 5.74) is 2.02. The van der Waals surface area contributed by atoms with Gasteiger partial charge in [-0.1, -0.05) is 24.3 Å². The maximum absolute atomic E-state index is 13.7. The van der Waals surface area contributed by atoms with Crippen molar-refractivity contribution >= 4 is 29.2 Å². The second-order valence-electron chi connectivity index (χ2n) is 8.20. The van der Waals surface area contributed by atoms with Crippen LogP contribution in [0, 0.1) is 0 Å². The third-order valence-electron chi connectivity index (χ3n) is 6.22. The van der Waals surface area contributed by atoms with Crippen molar-refractivity contribution < 1.29 is 23.9 Å². The van der Waals surface area contributed by atoms with Gasteiger partial charge >= 0.3 is 0 Å². The Balaban J connectivity index is 1.45. The second kappa shape index (κ2) is 9.09. The molecule has 1 atom stereocenters. The first-order valence-corrected chi connectivity index (χ1v) is 11.2. The lowest BCUT2D eigenvalue weighted by molar-refractivity contribution is -0.116. The highest BCUT2D eigenvalue weighted by atomic mass is 16.5. The molecule has 3 aromatic rings. The summed E-state index contributed by atoms with van der Waals surface area (Å²) < 4.78 is 10.9. The van der Waals surface area contributed by atoms with Crippen molar-refractivity contribution in [3.63, 3.8) is 0 Å². The number of pyridine rings is 1. The molecule has 178 valence electrons. The molecule has 3 heterocycles. The summed E-state index contributed by atoms with van der Waals surface area (Å²) >= 11 is 0. The summed E-state index contributed by atoms with van der Waals surface area (Å²) in [6.07, 6.45) is 1.57. The summed E-state index contributed by atoms with van der Waals surface area (Å²) in [5.74, 6) is 0.601. The van der Waals surface area contributed by atoms with Crippen molar-refractivity contribution in [2.24, 2.45) is 0 Å². The average Bonchev–Trinajstić information content (AvgIpc) is 3.18. The number of nitrogens with one attached hydrogen (secondary N) is 1. The predicted octanol–water partition coefficient (Wildman–Crippen LogP) is 3.63. The number of rotatable bonds is 7. The first-order chi connectivity index (χ1) is 17.0. The van der Waals surface area contributed by atoms with Gasteiger partial charge in [0.05, 0.1) is 31.0 Å². The minimum absolute atomic E-state index is 0.192. The third kappa shape index (κ3) is 3.74. The molecular weight excluding hydrogens is 448 g/mol. The molecule has 0 radical (unpaired) electrons. The minimum atomic E-state index is -0.640. The largest absolute Gasteiger partial charge is 0.493 e. The monoisotopic (exact) mass is 472 g/mol. The van der Waals surface area contributed by atoms with E-state index in [9.17, 15) is 14.4 Å². The van der Waals surface area contributed by atoms with Crippen LogP contribution in [0.5, 0.6) is 11.5 Å². The lowest BCUT2D eigenvalue weighted by Gasteiger charge is -2.41. The first-order valence-electron chi connectivity index (χ1n) is 11.2. The number of aromatic nitrogens is 1. The molecule has 2 aromatic carbocycles. The molecule has 2 aliphatic heterocycles. The number of amides is 3. The highest BCUT2D eigenvalue weighted by Gasteiger charge is 2.49. The zero-order valence-corrected chi connectivity index (χ0v) is 19.4. The maximum Gasteiger partial charge on any atom is 0.264 e. The number of anilines is 2. The van der Waals surface area contributed by atoms with E-state index in [0.717, 1.165) is 0 Å². The normalized spacial score (nSPS) is 15.9. The second-order valence-corrected chi connectivity index (χ2v) is 8.20. The molecule has 1 N–H and O–H groups in total. The molecule has 0 saturated carbocycles. The lowest BCUT2D eigenvalue weighted by Crippen LogP contribution is -2.48. The number of nitrogens with zero attached hydrogens (tertiary/aromatic N) is 3. The molecule has 0 aliphatic carbocycles. The fourth-order valence-corrected chi connectivity index (χ4v) is 4.70. The van der Waals surface area contributed by atoms with Gasteiger partial charge in [-0.15, -0.1) is 0 Å². The van der Waals surface area contributed by atoms with Gasteiger partial charge < -0.3 is 19.7 Å². The zero-order valence-electron chi connectivity index (χ0n) is 19.4. The van der Waals surface area contributed by atoms with E-state index < -0.39 is 6.17 Å². The number of ether oxygens (including phenoxy) is 2. The summed E-state index contributed by atoms with van der Waals surface area (Å²) in [4.78, 5) is 47.0. The third-order valence-corrected chi connectivity index (χ3v) is 6.22. The number of benzene rings is 2. The van der Waals surface area contributed by atoms with Gasteiger partial charge in [-0.2, -0.15) is 0 Å². The van der Waals surface area contributed by atoms with Crippen LogP contribution in [-0.4, -0.2) is 48.4 Å². The van der Waals surface area contributed by atoms with E-state index >= 15 is 0 Å². The number of methoxy groups -OCH3 is 2. The Bertz CT molecular complexity index is 1310. The van der Waals surface area contributed by atoms with Crippen LogP contribution in [0.25, 0.3) is 0 Å². The van der Waals surface area contributed by atoms with Gasteiger partial charge in [0.25, 0.3) is 11.8 Å². The molecular formula is C26H24N4O5. The van der Waals surface area contributed by atoms with Crippen molar-refractivity contribution in [3.8, 4) is 11.5 Å². The van der Waals surface area contributed by atoms with Gasteiger partial charge in [0.1, 0.15) is 12.0 Å². The SMILES string of the molecule is COc1ccc2c(c1OC)C(=O)N1c3ccccc3C(=O)N(CCCC(=O)Nc3ccccn3)[C@@H]21. The van der Waals surface area contributed by atoms with Gasteiger partial charge in [-0.25, -0.2) is 4.98 Å². The summed E-state index contributed by atoms with van der Waals surface area (Å²) in [5, 5.41) is 2.75. The Morgan fingerprint density at radius 3 is 2.54 bits per heavy atom. The van der Waals surface area contributed by atoms with Crippen LogP contribution < -0.4 is 19.7 Å². The van der Waals surface area contributed by atoms with Crippen LogP contribution in [0.15, 0.2) is 60.8 Å². The van der Waals surface area contributed by atoms with Gasteiger partial charge in [-0.3, -0.25) is 19.3 Å². The van der Waals surface area contributed by atoms with Gasteiger partial charge in [-0.05, 0) is 36.8 Å². The highest BCUT2D eigenvalue weighted by Crippen LogP contribution is 2.49. The highest BCUT2D eigenvalue weighted by molar-refractivity contribution is 6.18. The quantitative estimate of drug-likeness (QED) is 0.564. The molecule has 0 spiro atoms. The maximum atomic E-state index is 13.7. The van der Waals surface area contributed by atoms with E-state index in [-0.39, 0.29) is 30.7 Å². The number of hydrogen-bond acceptors (Lipinski definition) is 6. The van der Waals surface area contributed by atoms with E-state index in [2.05, 4.69) is 10.3 Å². The molecule has 0 bridgehead atoms. The predicted molar refractivity (Wildman–Crippen MR) is 129 cm³/mol. The Hall–Kier alpha value is -4.40. The van der Waals surface area contributed by atoms with Crippen LogP contribution in [0.1, 0.15) is 45.3 Å². The average molecular weight is 473 g/mol. The molecule has 2 aliphatic rings. The number of para-hydroxylation sites is 1. The van der Waals surface area contributed by atoms with E-state index in [1.165, 1.54) is 14.2 Å². The van der Waals surface area contributed by atoms with E-state index in [0.29, 0.717) is 46.1 Å². The molecule has 35 heavy (non-hydrogen) atoms. The van der Waals surface area contributed by atoms with Gasteiger partial charge in [0.15, 0.2) is 11.5 Å². The zero-order chi connectivity index (χ0) is 24.5. The Kier molecular flexibility index (Phi) is 5.82. The van der Waals surface area contributed by atoms with Gasteiger partial charge in [0.2, 0.25) is 5.91 Å². The van der Waals surface area contributed by atoms with Crippen molar-refractivity contribution in [2.45, 2.75) is 19.0 Å². The van der Waals surface area contributed by atoms with E-state index in [1.807, 2.05) is 0 Å². The molecule has 3 amide bonds. The van der Waals surface area contributed by atoms with Crippen LogP contribution in [0.4, 0.5) is 11.5 Å². The Morgan fingerprint density at radius 1 is 1.00 bits per heavy atom. The number of carbonyl (C=O) groups excluding carboxylic acids is 3. The van der Waals surface area contributed by atoms with Crippen molar-refractivity contribution in [2.75, 3.05) is 31.0 Å². The molecule has 0 saturated heterocycles. The van der Waals surface area contributed by atoms with Crippen LogP contribution in [-0.2, 0) is 4.79 Å². The smallest absolute Gasteiger partial charge is 0.264 e.